The fourth-order valence-corrected chi connectivity index (χ4v) is 1.55. The minimum absolute atomic E-state index is 0.0981. The Hall–Kier alpha value is -1.86. The van der Waals surface area contributed by atoms with Gasteiger partial charge in [0.1, 0.15) is 11.8 Å². The maximum absolute atomic E-state index is 11.3. The molecule has 0 spiro atoms. The second-order valence-corrected chi connectivity index (χ2v) is 4.27. The fourth-order valence-electron chi connectivity index (χ4n) is 1.38. The van der Waals surface area contributed by atoms with Crippen molar-refractivity contribution >= 4 is 23.3 Å². The van der Waals surface area contributed by atoms with Crippen LogP contribution >= 0.6 is 11.6 Å². The number of nitro groups is 1. The largest absolute Gasteiger partial charge is 0.492 e. The van der Waals surface area contributed by atoms with E-state index in [1.54, 1.807) is 6.92 Å². The zero-order chi connectivity index (χ0) is 15.1. The van der Waals surface area contributed by atoms with E-state index in [1.807, 2.05) is 0 Å². The van der Waals surface area contributed by atoms with Gasteiger partial charge in [-0.15, -0.1) is 0 Å². The second kappa shape index (κ2) is 7.66. The van der Waals surface area contributed by atoms with Gasteiger partial charge in [0.25, 0.3) is 5.69 Å². The van der Waals surface area contributed by atoms with Crippen LogP contribution in [0.1, 0.15) is 13.3 Å². The number of esters is 1. The molecule has 7 nitrogen and oxygen atoms in total. The molecule has 1 rings (SSSR count). The summed E-state index contributed by atoms with van der Waals surface area (Å²) >= 11 is 5.86. The number of nitro benzene ring substituents is 1. The van der Waals surface area contributed by atoms with Crippen molar-refractivity contribution < 1.29 is 19.2 Å². The summed E-state index contributed by atoms with van der Waals surface area (Å²) in [6.45, 7) is 2.04. The van der Waals surface area contributed by atoms with E-state index in [-0.39, 0.29) is 36.1 Å². The normalized spacial score (nSPS) is 11.8. The molecule has 0 saturated carbocycles. The number of nitrogens with two attached hydrogens (primary N) is 1. The van der Waals surface area contributed by atoms with Gasteiger partial charge in [0.15, 0.2) is 0 Å². The van der Waals surface area contributed by atoms with Gasteiger partial charge in [-0.25, -0.2) is 0 Å². The van der Waals surface area contributed by atoms with E-state index >= 15 is 0 Å². The maximum atomic E-state index is 11.3. The summed E-state index contributed by atoms with van der Waals surface area (Å²) < 4.78 is 10.0. The van der Waals surface area contributed by atoms with Crippen LogP contribution in [0.2, 0.25) is 5.02 Å². The molecule has 2 N–H and O–H groups in total. The molecule has 0 radical (unpaired) electrons. The highest BCUT2D eigenvalue weighted by Gasteiger charge is 2.15. The predicted octanol–water partition coefficient (Wildman–Crippen LogP) is 1.91. The first kappa shape index (κ1) is 16.2. The minimum atomic E-state index is -0.799. The molecular formula is C12H15ClN2O5. The average Bonchev–Trinajstić information content (AvgIpc) is 2.40. The lowest BCUT2D eigenvalue weighted by molar-refractivity contribution is -0.384. The van der Waals surface area contributed by atoms with Gasteiger partial charge >= 0.3 is 5.97 Å². The molecule has 0 aliphatic rings. The summed E-state index contributed by atoms with van der Waals surface area (Å²) in [5, 5.41) is 10.9. The average molecular weight is 303 g/mol. The van der Waals surface area contributed by atoms with E-state index in [4.69, 9.17) is 26.8 Å². The monoisotopic (exact) mass is 302 g/mol. The van der Waals surface area contributed by atoms with Crippen LogP contribution in [0.15, 0.2) is 18.2 Å². The van der Waals surface area contributed by atoms with Crippen LogP contribution in [0.4, 0.5) is 5.69 Å². The second-order valence-electron chi connectivity index (χ2n) is 3.87. The van der Waals surface area contributed by atoms with Gasteiger partial charge < -0.3 is 15.2 Å². The van der Waals surface area contributed by atoms with Crippen molar-refractivity contribution in [3.63, 3.8) is 0 Å². The van der Waals surface area contributed by atoms with Crippen LogP contribution in [0.25, 0.3) is 0 Å². The van der Waals surface area contributed by atoms with Crippen LogP contribution < -0.4 is 10.5 Å². The standard InChI is InChI=1S/C12H15ClN2O5/c1-2-19-12(16)10(14)5-6-20-11-7-8(15(17)18)3-4-9(11)13/h3-4,7,10H,2,5-6,14H2,1H3. The van der Waals surface area contributed by atoms with Crippen molar-refractivity contribution in [3.05, 3.63) is 33.3 Å². The fraction of sp³-hybridized carbons (Fsp3) is 0.417. The maximum Gasteiger partial charge on any atom is 0.323 e. The van der Waals surface area contributed by atoms with Crippen molar-refractivity contribution in [2.45, 2.75) is 19.4 Å². The van der Waals surface area contributed by atoms with Gasteiger partial charge in [-0.2, -0.15) is 0 Å². The number of nitrogens with zero attached hydrogens (tertiary/aromatic N) is 1. The van der Waals surface area contributed by atoms with Gasteiger partial charge in [-0.3, -0.25) is 14.9 Å². The summed E-state index contributed by atoms with van der Waals surface area (Å²) in [6.07, 6.45) is 0.220. The Balaban J connectivity index is 2.55. The molecule has 1 aromatic carbocycles. The highest BCUT2D eigenvalue weighted by Crippen LogP contribution is 2.28. The minimum Gasteiger partial charge on any atom is -0.492 e. The number of hydrogen-bond acceptors (Lipinski definition) is 6. The zero-order valence-corrected chi connectivity index (χ0v) is 11.6. The number of ether oxygens (including phenoxy) is 2. The molecule has 1 aromatic rings. The molecule has 1 atom stereocenters. The van der Waals surface area contributed by atoms with E-state index in [9.17, 15) is 14.9 Å². The van der Waals surface area contributed by atoms with Crippen molar-refractivity contribution in [2.24, 2.45) is 5.73 Å². The van der Waals surface area contributed by atoms with Crippen molar-refractivity contribution in [3.8, 4) is 5.75 Å². The molecule has 0 bridgehead atoms. The molecule has 1 unspecified atom stereocenters. The van der Waals surface area contributed by atoms with E-state index in [2.05, 4.69) is 0 Å². The topological polar surface area (TPSA) is 105 Å². The summed E-state index contributed by atoms with van der Waals surface area (Å²) in [5.74, 6) is -0.335. The molecule has 0 heterocycles. The molecule has 110 valence electrons. The number of carbonyl (C=O) groups excluding carboxylic acids is 1. The van der Waals surface area contributed by atoms with Crippen molar-refractivity contribution in [1.29, 1.82) is 0 Å². The molecule has 0 aliphatic heterocycles. The van der Waals surface area contributed by atoms with Gasteiger partial charge in [-0.1, -0.05) is 11.6 Å². The van der Waals surface area contributed by atoms with Crippen LogP contribution in [0.3, 0.4) is 0 Å². The molecule has 0 aromatic heterocycles. The highest BCUT2D eigenvalue weighted by atomic mass is 35.5. The Morgan fingerprint density at radius 1 is 1.55 bits per heavy atom. The molecule has 0 saturated heterocycles. The predicted molar refractivity (Wildman–Crippen MR) is 72.8 cm³/mol. The first-order valence-corrected chi connectivity index (χ1v) is 6.32. The van der Waals surface area contributed by atoms with Crippen LogP contribution in [-0.4, -0.2) is 30.1 Å². The lowest BCUT2D eigenvalue weighted by Crippen LogP contribution is -2.33. The summed E-state index contributed by atoms with van der Waals surface area (Å²) in [4.78, 5) is 21.4. The molecule has 20 heavy (non-hydrogen) atoms. The Kier molecular flexibility index (Phi) is 6.20. The number of non-ortho nitro benzene ring substituents is 1. The van der Waals surface area contributed by atoms with Gasteiger partial charge in [0.05, 0.1) is 29.2 Å². The third-order valence-corrected chi connectivity index (χ3v) is 2.71. The summed E-state index contributed by atoms with van der Waals surface area (Å²) in [5.41, 5.74) is 5.46. The van der Waals surface area contributed by atoms with E-state index in [0.29, 0.717) is 0 Å². The molecule has 8 heteroatoms. The smallest absolute Gasteiger partial charge is 0.323 e. The number of hydrogen-bond donors (Lipinski definition) is 1. The highest BCUT2D eigenvalue weighted by molar-refractivity contribution is 6.32. The van der Waals surface area contributed by atoms with Crippen LogP contribution in [0.5, 0.6) is 5.75 Å². The first-order chi connectivity index (χ1) is 9.45. The molecule has 0 fully saturated rings. The van der Waals surface area contributed by atoms with Gasteiger partial charge in [0, 0.05) is 12.5 Å². The van der Waals surface area contributed by atoms with E-state index < -0.39 is 16.9 Å². The zero-order valence-electron chi connectivity index (χ0n) is 10.9. The van der Waals surface area contributed by atoms with Crippen LogP contribution in [0, 0.1) is 10.1 Å². The van der Waals surface area contributed by atoms with Gasteiger partial charge in [-0.05, 0) is 13.0 Å². The lowest BCUT2D eigenvalue weighted by Gasteiger charge is -2.12. The molecule has 0 amide bonds. The lowest BCUT2D eigenvalue weighted by atomic mass is 10.2. The van der Waals surface area contributed by atoms with E-state index in [0.717, 1.165) is 0 Å². The SMILES string of the molecule is CCOC(=O)C(N)CCOc1cc([N+](=O)[O-])ccc1Cl. The number of benzene rings is 1. The number of halogens is 1. The third-order valence-electron chi connectivity index (χ3n) is 2.40. The third kappa shape index (κ3) is 4.67. The van der Waals surface area contributed by atoms with Crippen LogP contribution in [-0.2, 0) is 9.53 Å². The molecular weight excluding hydrogens is 288 g/mol. The summed E-state index contributed by atoms with van der Waals surface area (Å²) in [7, 11) is 0. The Bertz CT molecular complexity index is 495. The Morgan fingerprint density at radius 2 is 2.25 bits per heavy atom. The number of carbonyl (C=O) groups is 1. The summed E-state index contributed by atoms with van der Waals surface area (Å²) in [6, 6.07) is 3.07. The van der Waals surface area contributed by atoms with Crippen molar-refractivity contribution in [2.75, 3.05) is 13.2 Å². The Morgan fingerprint density at radius 3 is 2.85 bits per heavy atom. The Labute approximate surface area is 120 Å². The quantitative estimate of drug-likeness (QED) is 0.468. The van der Waals surface area contributed by atoms with Crippen molar-refractivity contribution in [1.82, 2.24) is 0 Å². The molecule has 0 aliphatic carbocycles. The first-order valence-electron chi connectivity index (χ1n) is 5.94. The van der Waals surface area contributed by atoms with Gasteiger partial charge in [0.2, 0.25) is 0 Å². The number of rotatable bonds is 7. The van der Waals surface area contributed by atoms with E-state index in [1.165, 1.54) is 18.2 Å².